The van der Waals surface area contributed by atoms with Crippen LogP contribution in [0.1, 0.15) is 5.56 Å². The summed E-state index contributed by atoms with van der Waals surface area (Å²) in [4.78, 5) is 19.5. The maximum Gasteiger partial charge on any atom is 0.335 e. The molecule has 1 aromatic carbocycles. The minimum Gasteiger partial charge on any atom is -0.496 e. The van der Waals surface area contributed by atoms with E-state index in [1.54, 1.807) is 7.11 Å². The van der Waals surface area contributed by atoms with E-state index in [4.69, 9.17) is 25.2 Å². The number of aliphatic hydroxyl groups excluding tert-OH is 2. The number of nitrogens with one attached hydrogen (secondary N) is 1. The first-order valence-electron chi connectivity index (χ1n) is 6.43. The summed E-state index contributed by atoms with van der Waals surface area (Å²) in [6.45, 7) is 0.986. The number of rotatable bonds is 7. The van der Waals surface area contributed by atoms with Crippen LogP contribution < -0.4 is 10.1 Å². The van der Waals surface area contributed by atoms with Gasteiger partial charge in [0.2, 0.25) is 0 Å². The lowest BCUT2D eigenvalue weighted by Gasteiger charge is -2.07. The first-order chi connectivity index (χ1) is 10.3. The molecule has 0 saturated carbocycles. The van der Waals surface area contributed by atoms with Gasteiger partial charge in [-0.15, -0.1) is 0 Å². The normalized spacial score (nSPS) is 12.5. The lowest BCUT2D eigenvalue weighted by atomic mass is 10.1. The van der Waals surface area contributed by atoms with E-state index in [0.717, 1.165) is 18.7 Å². The monoisotopic (exact) mass is 315 g/mol. The van der Waals surface area contributed by atoms with Gasteiger partial charge in [0.05, 0.1) is 7.11 Å². The van der Waals surface area contributed by atoms with Crippen molar-refractivity contribution < 1.29 is 34.8 Å². The number of carboxylic acid groups (broad SMARTS) is 2. The van der Waals surface area contributed by atoms with E-state index in [-0.39, 0.29) is 0 Å². The van der Waals surface area contributed by atoms with Crippen LogP contribution >= 0.6 is 0 Å². The zero-order chi connectivity index (χ0) is 17.1. The number of para-hydroxylation sites is 1. The minimum absolute atomic E-state index is 0.979. The van der Waals surface area contributed by atoms with Crippen LogP contribution in [-0.4, -0.2) is 65.3 Å². The van der Waals surface area contributed by atoms with Crippen molar-refractivity contribution in [1.29, 1.82) is 0 Å². The van der Waals surface area contributed by atoms with Gasteiger partial charge >= 0.3 is 11.9 Å². The summed E-state index contributed by atoms with van der Waals surface area (Å²) in [6, 6.07) is 8.11. The SMILES string of the molecule is CNCCc1ccccc1OC.O=C(O)C(O)C(O)C(=O)O. The second-order valence-electron chi connectivity index (χ2n) is 4.23. The van der Waals surface area contributed by atoms with E-state index in [1.165, 1.54) is 5.56 Å². The van der Waals surface area contributed by atoms with Crippen molar-refractivity contribution in [2.45, 2.75) is 18.6 Å². The molecule has 0 fully saturated rings. The molecule has 8 heteroatoms. The molecule has 124 valence electrons. The van der Waals surface area contributed by atoms with E-state index in [9.17, 15) is 9.59 Å². The highest BCUT2D eigenvalue weighted by molar-refractivity contribution is 5.83. The van der Waals surface area contributed by atoms with E-state index < -0.39 is 24.1 Å². The fraction of sp³-hybridized carbons (Fsp3) is 0.429. The fourth-order valence-electron chi connectivity index (χ4n) is 1.44. The Bertz CT molecular complexity index is 460. The summed E-state index contributed by atoms with van der Waals surface area (Å²) in [6.07, 6.45) is -3.52. The zero-order valence-electron chi connectivity index (χ0n) is 12.4. The third-order valence-corrected chi connectivity index (χ3v) is 2.64. The number of carboxylic acids is 2. The van der Waals surface area contributed by atoms with Gasteiger partial charge < -0.3 is 30.5 Å². The molecule has 0 spiro atoms. The van der Waals surface area contributed by atoms with Crippen LogP contribution in [0.4, 0.5) is 0 Å². The smallest absolute Gasteiger partial charge is 0.335 e. The van der Waals surface area contributed by atoms with E-state index >= 15 is 0 Å². The predicted molar refractivity (Wildman–Crippen MR) is 77.9 cm³/mol. The van der Waals surface area contributed by atoms with Crippen molar-refractivity contribution in [1.82, 2.24) is 5.32 Å². The maximum absolute atomic E-state index is 9.77. The van der Waals surface area contributed by atoms with Crippen LogP contribution in [0.25, 0.3) is 0 Å². The van der Waals surface area contributed by atoms with Crippen molar-refractivity contribution in [3.05, 3.63) is 29.8 Å². The van der Waals surface area contributed by atoms with Crippen molar-refractivity contribution in [2.75, 3.05) is 20.7 Å². The molecule has 0 aromatic heterocycles. The van der Waals surface area contributed by atoms with Crippen molar-refractivity contribution in [2.24, 2.45) is 0 Å². The first-order valence-corrected chi connectivity index (χ1v) is 6.43. The second-order valence-corrected chi connectivity index (χ2v) is 4.23. The standard InChI is InChI=1S/C10H15NO.C4H6O6/c1-11-8-7-9-5-3-4-6-10(9)12-2;5-1(3(7)8)2(6)4(9)10/h3-6,11H,7-8H2,1-2H3;1-2,5-6H,(H,7,8)(H,9,10). The minimum atomic E-state index is -2.27. The van der Waals surface area contributed by atoms with Crippen molar-refractivity contribution in [3.63, 3.8) is 0 Å². The van der Waals surface area contributed by atoms with Gasteiger partial charge in [-0.2, -0.15) is 0 Å². The molecule has 1 aromatic rings. The average Bonchev–Trinajstić information content (AvgIpc) is 2.52. The van der Waals surface area contributed by atoms with Crippen LogP contribution in [0.3, 0.4) is 0 Å². The largest absolute Gasteiger partial charge is 0.496 e. The Morgan fingerprint density at radius 3 is 2.05 bits per heavy atom. The third-order valence-electron chi connectivity index (χ3n) is 2.64. The molecule has 8 nitrogen and oxygen atoms in total. The number of benzene rings is 1. The zero-order valence-corrected chi connectivity index (χ0v) is 12.4. The molecule has 0 aliphatic rings. The first kappa shape index (κ1) is 19.8. The highest BCUT2D eigenvalue weighted by Gasteiger charge is 2.29. The Balaban J connectivity index is 0.000000409. The number of hydrogen-bond donors (Lipinski definition) is 5. The second kappa shape index (κ2) is 10.6. The highest BCUT2D eigenvalue weighted by Crippen LogP contribution is 2.16. The van der Waals surface area contributed by atoms with E-state index in [2.05, 4.69) is 11.4 Å². The molecule has 0 heterocycles. The van der Waals surface area contributed by atoms with Gasteiger partial charge in [0.15, 0.2) is 12.2 Å². The summed E-state index contributed by atoms with van der Waals surface area (Å²) >= 11 is 0. The Labute approximate surface area is 128 Å². The molecule has 0 saturated heterocycles. The van der Waals surface area contributed by atoms with Gasteiger partial charge in [-0.3, -0.25) is 0 Å². The molecule has 0 amide bonds. The molecule has 2 unspecified atom stereocenters. The van der Waals surface area contributed by atoms with Gasteiger partial charge in [0.1, 0.15) is 5.75 Å². The summed E-state index contributed by atoms with van der Waals surface area (Å²) in [5, 5.41) is 35.6. The van der Waals surface area contributed by atoms with Crippen molar-refractivity contribution in [3.8, 4) is 5.75 Å². The lowest BCUT2D eigenvalue weighted by Crippen LogP contribution is -2.39. The number of likely N-dealkylation sites (N-methyl/N-ethyl adjacent to an activating group) is 1. The molecule has 22 heavy (non-hydrogen) atoms. The molecular weight excluding hydrogens is 294 g/mol. The Morgan fingerprint density at radius 2 is 1.64 bits per heavy atom. The van der Waals surface area contributed by atoms with Crippen LogP contribution in [-0.2, 0) is 16.0 Å². The van der Waals surface area contributed by atoms with E-state index in [1.807, 2.05) is 25.2 Å². The average molecular weight is 315 g/mol. The van der Waals surface area contributed by atoms with Crippen LogP contribution in [0.15, 0.2) is 24.3 Å². The fourth-order valence-corrected chi connectivity index (χ4v) is 1.44. The summed E-state index contributed by atoms with van der Waals surface area (Å²) in [5.41, 5.74) is 1.26. The molecule has 0 aliphatic carbocycles. The number of ether oxygens (including phenoxy) is 1. The maximum atomic E-state index is 9.77. The van der Waals surface area contributed by atoms with Crippen LogP contribution in [0.2, 0.25) is 0 Å². The molecule has 2 atom stereocenters. The van der Waals surface area contributed by atoms with Crippen LogP contribution in [0, 0.1) is 0 Å². The highest BCUT2D eigenvalue weighted by atomic mass is 16.5. The molecule has 1 rings (SSSR count). The van der Waals surface area contributed by atoms with E-state index in [0.29, 0.717) is 0 Å². The molecule has 0 bridgehead atoms. The molecule has 5 N–H and O–H groups in total. The van der Waals surface area contributed by atoms with Gasteiger partial charge in [-0.25, -0.2) is 9.59 Å². The van der Waals surface area contributed by atoms with Crippen LogP contribution in [0.5, 0.6) is 5.75 Å². The molecule has 0 aliphatic heterocycles. The quantitative estimate of drug-likeness (QED) is 0.447. The van der Waals surface area contributed by atoms with Gasteiger partial charge in [-0.1, -0.05) is 18.2 Å². The predicted octanol–water partition coefficient (Wildman–Crippen LogP) is -0.665. The van der Waals surface area contributed by atoms with Gasteiger partial charge in [0.25, 0.3) is 0 Å². The lowest BCUT2D eigenvalue weighted by molar-refractivity contribution is -0.165. The number of aliphatic hydroxyl groups is 2. The van der Waals surface area contributed by atoms with Crippen molar-refractivity contribution >= 4 is 11.9 Å². The van der Waals surface area contributed by atoms with Gasteiger partial charge in [0, 0.05) is 0 Å². The molecule has 0 radical (unpaired) electrons. The summed E-state index contributed by atoms with van der Waals surface area (Å²) in [5.74, 6) is -2.56. The Kier molecular flexibility index (Phi) is 9.51. The Morgan fingerprint density at radius 1 is 1.14 bits per heavy atom. The topological polar surface area (TPSA) is 136 Å². The molecular formula is C14H21NO7. The van der Waals surface area contributed by atoms with Gasteiger partial charge in [-0.05, 0) is 31.6 Å². The number of hydrogen-bond acceptors (Lipinski definition) is 6. The summed E-state index contributed by atoms with van der Waals surface area (Å²) in [7, 11) is 3.66. The summed E-state index contributed by atoms with van der Waals surface area (Å²) < 4.78 is 5.21. The number of methoxy groups -OCH3 is 1. The third kappa shape index (κ3) is 7.02. The number of aliphatic carboxylic acids is 2. The number of carbonyl (C=O) groups is 2. The Hall–Kier alpha value is -2.16.